The number of nitrogens with zero attached hydrogens (tertiary/aromatic N) is 2. The summed E-state index contributed by atoms with van der Waals surface area (Å²) in [6.45, 7) is 0. The second-order valence-corrected chi connectivity index (χ2v) is 3.94. The molecule has 1 aromatic heterocycles. The quantitative estimate of drug-likeness (QED) is 0.529. The van der Waals surface area contributed by atoms with Gasteiger partial charge in [-0.2, -0.15) is 0 Å². The Morgan fingerprint density at radius 3 is 3.20 bits per heavy atom. The van der Waals surface area contributed by atoms with Gasteiger partial charge < -0.3 is 0 Å². The molecule has 4 nitrogen and oxygen atoms in total. The van der Waals surface area contributed by atoms with Crippen molar-refractivity contribution in [3.8, 4) is 0 Å². The fourth-order valence-corrected chi connectivity index (χ4v) is 2.25. The topological polar surface area (TPSA) is 63.8 Å². The van der Waals surface area contributed by atoms with Crippen LogP contribution in [0.3, 0.4) is 0 Å². The maximum atomic E-state index is 5.30. The van der Waals surface area contributed by atoms with E-state index in [9.17, 15) is 0 Å². The van der Waals surface area contributed by atoms with Gasteiger partial charge >= 0.3 is 0 Å². The Bertz CT molecular complexity index is 462. The fraction of sp³-hybridized carbons (Fsp3) is 0.273. The van der Waals surface area contributed by atoms with Crippen molar-refractivity contribution in [1.29, 1.82) is 0 Å². The Morgan fingerprint density at radius 1 is 1.40 bits per heavy atom. The number of nitrogens with two attached hydrogens (primary N) is 1. The first-order chi connectivity index (χ1) is 7.36. The van der Waals surface area contributed by atoms with Gasteiger partial charge in [0.2, 0.25) is 5.95 Å². The minimum atomic E-state index is 0.498. The van der Waals surface area contributed by atoms with Crippen molar-refractivity contribution in [2.75, 3.05) is 5.43 Å². The van der Waals surface area contributed by atoms with Crippen molar-refractivity contribution in [3.63, 3.8) is 0 Å². The molecule has 1 heterocycles. The Labute approximate surface area is 87.9 Å². The van der Waals surface area contributed by atoms with Crippen molar-refractivity contribution in [2.24, 2.45) is 11.8 Å². The van der Waals surface area contributed by atoms with E-state index >= 15 is 0 Å². The van der Waals surface area contributed by atoms with Crippen molar-refractivity contribution >= 4 is 11.5 Å². The molecule has 2 bridgehead atoms. The molecule has 4 heteroatoms. The minimum Gasteiger partial charge on any atom is -0.292 e. The molecule has 1 aromatic rings. The summed E-state index contributed by atoms with van der Waals surface area (Å²) in [5, 5.41) is 0. The number of nitrogen functional groups attached to an aromatic ring is 1. The molecule has 3 N–H and O–H groups in total. The zero-order valence-electron chi connectivity index (χ0n) is 8.27. The number of hydrogen-bond acceptors (Lipinski definition) is 4. The standard InChI is InChI=1S/C11H12N4/c12-15-11-13-6-9-8-3-1-2-7(4-8)5-10(9)14-11/h1-3,6-7H,4-5,12H2,(H,13,14,15). The highest BCUT2D eigenvalue weighted by Crippen LogP contribution is 2.36. The van der Waals surface area contributed by atoms with Crippen LogP contribution in [0.4, 0.5) is 5.95 Å². The second kappa shape index (κ2) is 3.17. The molecule has 0 amide bonds. The van der Waals surface area contributed by atoms with Gasteiger partial charge in [-0.05, 0) is 24.3 Å². The molecule has 0 saturated carbocycles. The van der Waals surface area contributed by atoms with Gasteiger partial charge in [0.1, 0.15) is 0 Å². The molecule has 3 rings (SSSR count). The third-order valence-corrected chi connectivity index (χ3v) is 2.96. The van der Waals surface area contributed by atoms with Gasteiger partial charge in [-0.25, -0.2) is 15.8 Å². The summed E-state index contributed by atoms with van der Waals surface area (Å²) < 4.78 is 0. The van der Waals surface area contributed by atoms with E-state index in [1.165, 1.54) is 11.1 Å². The smallest absolute Gasteiger partial charge is 0.237 e. The van der Waals surface area contributed by atoms with Crippen LogP contribution in [0.5, 0.6) is 0 Å². The maximum absolute atomic E-state index is 5.30. The lowest BCUT2D eigenvalue weighted by Crippen LogP contribution is -2.18. The summed E-state index contributed by atoms with van der Waals surface area (Å²) in [6.07, 6.45) is 10.5. The molecule has 0 aromatic carbocycles. The molecule has 15 heavy (non-hydrogen) atoms. The first kappa shape index (κ1) is 8.61. The fourth-order valence-electron chi connectivity index (χ4n) is 2.25. The lowest BCUT2D eigenvalue weighted by atomic mass is 9.81. The Kier molecular flexibility index (Phi) is 1.82. The maximum Gasteiger partial charge on any atom is 0.237 e. The molecule has 0 fully saturated rings. The summed E-state index contributed by atoms with van der Waals surface area (Å²) in [4.78, 5) is 8.54. The number of hydrazine groups is 1. The summed E-state index contributed by atoms with van der Waals surface area (Å²) in [6, 6.07) is 0. The highest BCUT2D eigenvalue weighted by Gasteiger charge is 2.24. The summed E-state index contributed by atoms with van der Waals surface area (Å²) in [7, 11) is 0. The molecule has 76 valence electrons. The van der Waals surface area contributed by atoms with E-state index in [4.69, 9.17) is 5.84 Å². The molecule has 0 aliphatic heterocycles. The van der Waals surface area contributed by atoms with Gasteiger partial charge in [0.25, 0.3) is 0 Å². The lowest BCUT2D eigenvalue weighted by Gasteiger charge is -2.26. The monoisotopic (exact) mass is 200 g/mol. The SMILES string of the molecule is NNc1ncc2c(n1)CC1C=CC=C2C1. The zero-order valence-corrected chi connectivity index (χ0v) is 8.27. The van der Waals surface area contributed by atoms with E-state index in [-0.39, 0.29) is 0 Å². The van der Waals surface area contributed by atoms with E-state index in [1.54, 1.807) is 0 Å². The van der Waals surface area contributed by atoms with Gasteiger partial charge in [-0.15, -0.1) is 0 Å². The van der Waals surface area contributed by atoms with Crippen LogP contribution in [-0.2, 0) is 6.42 Å². The van der Waals surface area contributed by atoms with E-state index < -0.39 is 0 Å². The van der Waals surface area contributed by atoms with Gasteiger partial charge in [0.05, 0.1) is 5.69 Å². The first-order valence-corrected chi connectivity index (χ1v) is 5.07. The van der Waals surface area contributed by atoms with Crippen LogP contribution < -0.4 is 11.3 Å². The second-order valence-electron chi connectivity index (χ2n) is 3.94. The number of nitrogens with one attached hydrogen (secondary N) is 1. The molecule has 1 atom stereocenters. The number of allylic oxidation sites excluding steroid dienone is 4. The number of hydrogen-bond donors (Lipinski definition) is 2. The van der Waals surface area contributed by atoms with Crippen LogP contribution in [0.2, 0.25) is 0 Å². The third-order valence-electron chi connectivity index (χ3n) is 2.96. The van der Waals surface area contributed by atoms with E-state index in [0.717, 1.165) is 18.5 Å². The summed E-state index contributed by atoms with van der Waals surface area (Å²) in [5.41, 5.74) is 6.10. The van der Waals surface area contributed by atoms with Gasteiger partial charge in [-0.1, -0.05) is 18.2 Å². The van der Waals surface area contributed by atoms with Crippen LogP contribution >= 0.6 is 0 Å². The average molecular weight is 200 g/mol. The highest BCUT2D eigenvalue weighted by molar-refractivity contribution is 5.72. The van der Waals surface area contributed by atoms with E-state index in [0.29, 0.717) is 11.9 Å². The Balaban J connectivity index is 2.12. The largest absolute Gasteiger partial charge is 0.292 e. The van der Waals surface area contributed by atoms with Gasteiger partial charge in [0.15, 0.2) is 0 Å². The number of rotatable bonds is 1. The van der Waals surface area contributed by atoms with Gasteiger partial charge in [0, 0.05) is 11.8 Å². The van der Waals surface area contributed by atoms with Crippen molar-refractivity contribution < 1.29 is 0 Å². The molecule has 0 radical (unpaired) electrons. The molecular formula is C11H12N4. The average Bonchev–Trinajstić information content (AvgIpc) is 2.28. The molecule has 2 aliphatic rings. The van der Waals surface area contributed by atoms with Crippen molar-refractivity contribution in [1.82, 2.24) is 9.97 Å². The number of aromatic nitrogens is 2. The molecule has 2 aliphatic carbocycles. The van der Waals surface area contributed by atoms with E-state index in [1.807, 2.05) is 6.20 Å². The molecule has 0 spiro atoms. The van der Waals surface area contributed by atoms with Crippen LogP contribution in [0.25, 0.3) is 5.57 Å². The third kappa shape index (κ3) is 1.34. The predicted molar refractivity (Wildman–Crippen MR) is 58.8 cm³/mol. The van der Waals surface area contributed by atoms with Crippen LogP contribution in [0.15, 0.2) is 24.4 Å². The molecule has 0 saturated heterocycles. The summed E-state index contributed by atoms with van der Waals surface area (Å²) in [5.74, 6) is 6.39. The molecule has 1 unspecified atom stereocenters. The highest BCUT2D eigenvalue weighted by atomic mass is 15.3. The molecular weight excluding hydrogens is 188 g/mol. The van der Waals surface area contributed by atoms with Gasteiger partial charge in [-0.3, -0.25) is 5.43 Å². The Hall–Kier alpha value is -1.68. The zero-order chi connectivity index (χ0) is 10.3. The van der Waals surface area contributed by atoms with E-state index in [2.05, 4.69) is 33.6 Å². The summed E-state index contributed by atoms with van der Waals surface area (Å²) >= 11 is 0. The minimum absolute atomic E-state index is 0.498. The van der Waals surface area contributed by atoms with Crippen molar-refractivity contribution in [2.45, 2.75) is 12.8 Å². The van der Waals surface area contributed by atoms with Crippen LogP contribution in [0.1, 0.15) is 17.7 Å². The predicted octanol–water partition coefficient (Wildman–Crippen LogP) is 1.28. The van der Waals surface area contributed by atoms with Crippen LogP contribution in [-0.4, -0.2) is 9.97 Å². The Morgan fingerprint density at radius 2 is 2.33 bits per heavy atom. The number of fused-ring (bicyclic) bond motifs is 4. The first-order valence-electron chi connectivity index (χ1n) is 5.07. The number of anilines is 1. The van der Waals surface area contributed by atoms with Crippen LogP contribution in [0, 0.1) is 5.92 Å². The lowest BCUT2D eigenvalue weighted by molar-refractivity contribution is 0.627. The normalized spacial score (nSPS) is 21.9. The van der Waals surface area contributed by atoms with Crippen molar-refractivity contribution in [3.05, 3.63) is 35.7 Å².